The highest BCUT2D eigenvalue weighted by Crippen LogP contribution is 2.30. The second-order valence-electron chi connectivity index (χ2n) is 4.36. The second-order valence-corrected chi connectivity index (χ2v) is 4.79. The SMILES string of the molecule is CCN(c1cccc(C)c1)c1ccc(Cl)cc1C#N. The van der Waals surface area contributed by atoms with Crippen LogP contribution < -0.4 is 4.90 Å². The minimum atomic E-state index is 0.584. The third-order valence-electron chi connectivity index (χ3n) is 3.00. The maximum Gasteiger partial charge on any atom is 0.101 e. The van der Waals surface area contributed by atoms with Gasteiger partial charge in [-0.05, 0) is 49.7 Å². The van der Waals surface area contributed by atoms with Gasteiger partial charge in [-0.25, -0.2) is 0 Å². The highest BCUT2D eigenvalue weighted by atomic mass is 35.5. The van der Waals surface area contributed by atoms with Crippen molar-refractivity contribution in [3.8, 4) is 6.07 Å². The summed E-state index contributed by atoms with van der Waals surface area (Å²) in [4.78, 5) is 2.11. The molecule has 0 aliphatic rings. The van der Waals surface area contributed by atoms with Crippen LogP contribution in [-0.4, -0.2) is 6.54 Å². The van der Waals surface area contributed by atoms with E-state index in [0.717, 1.165) is 17.9 Å². The van der Waals surface area contributed by atoms with Crippen LogP contribution in [0.4, 0.5) is 11.4 Å². The van der Waals surface area contributed by atoms with Gasteiger partial charge in [-0.3, -0.25) is 0 Å². The zero-order valence-corrected chi connectivity index (χ0v) is 11.8. The monoisotopic (exact) mass is 270 g/mol. The summed E-state index contributed by atoms with van der Waals surface area (Å²) in [5, 5.41) is 9.84. The maximum absolute atomic E-state index is 9.25. The lowest BCUT2D eigenvalue weighted by Crippen LogP contribution is -2.17. The van der Waals surface area contributed by atoms with Gasteiger partial charge in [0.1, 0.15) is 6.07 Å². The molecule has 2 nitrogen and oxygen atoms in total. The largest absolute Gasteiger partial charge is 0.341 e. The lowest BCUT2D eigenvalue weighted by atomic mass is 10.1. The van der Waals surface area contributed by atoms with Crippen LogP contribution in [0.25, 0.3) is 0 Å². The molecule has 0 amide bonds. The van der Waals surface area contributed by atoms with Crippen LogP contribution in [0.1, 0.15) is 18.1 Å². The van der Waals surface area contributed by atoms with Gasteiger partial charge < -0.3 is 4.90 Å². The average molecular weight is 271 g/mol. The van der Waals surface area contributed by atoms with Crippen molar-refractivity contribution in [1.82, 2.24) is 0 Å². The molecule has 0 atom stereocenters. The summed E-state index contributed by atoms with van der Waals surface area (Å²) in [5.74, 6) is 0. The Kier molecular flexibility index (Phi) is 4.09. The summed E-state index contributed by atoms with van der Waals surface area (Å²) in [6.45, 7) is 4.92. The van der Waals surface area contributed by atoms with E-state index in [1.54, 1.807) is 6.07 Å². The van der Waals surface area contributed by atoms with Crippen LogP contribution in [0.5, 0.6) is 0 Å². The van der Waals surface area contributed by atoms with Crippen molar-refractivity contribution in [2.75, 3.05) is 11.4 Å². The number of nitriles is 1. The first kappa shape index (κ1) is 13.5. The van der Waals surface area contributed by atoms with Crippen molar-refractivity contribution < 1.29 is 0 Å². The van der Waals surface area contributed by atoms with Crippen molar-refractivity contribution in [3.05, 3.63) is 58.6 Å². The van der Waals surface area contributed by atoms with Gasteiger partial charge in [-0.15, -0.1) is 0 Å². The Labute approximate surface area is 118 Å². The van der Waals surface area contributed by atoms with E-state index in [1.165, 1.54) is 5.56 Å². The molecular formula is C16H15ClN2. The van der Waals surface area contributed by atoms with E-state index in [-0.39, 0.29) is 0 Å². The van der Waals surface area contributed by atoms with Crippen molar-refractivity contribution in [3.63, 3.8) is 0 Å². The van der Waals surface area contributed by atoms with Crippen molar-refractivity contribution in [1.29, 1.82) is 5.26 Å². The van der Waals surface area contributed by atoms with Gasteiger partial charge >= 0.3 is 0 Å². The summed E-state index contributed by atoms with van der Waals surface area (Å²) in [7, 11) is 0. The molecule has 0 aliphatic carbocycles. The smallest absolute Gasteiger partial charge is 0.101 e. The van der Waals surface area contributed by atoms with Crippen molar-refractivity contribution >= 4 is 23.0 Å². The summed E-state index contributed by atoms with van der Waals surface area (Å²) >= 11 is 5.95. The van der Waals surface area contributed by atoms with Crippen molar-refractivity contribution in [2.45, 2.75) is 13.8 Å². The van der Waals surface area contributed by atoms with Crippen LogP contribution in [0.2, 0.25) is 5.02 Å². The molecule has 0 saturated heterocycles. The highest BCUT2D eigenvalue weighted by Gasteiger charge is 2.12. The quantitative estimate of drug-likeness (QED) is 0.810. The van der Waals surface area contributed by atoms with Gasteiger partial charge in [0.15, 0.2) is 0 Å². The third-order valence-corrected chi connectivity index (χ3v) is 3.23. The number of halogens is 1. The summed E-state index contributed by atoms with van der Waals surface area (Å²) in [5.41, 5.74) is 3.76. The fourth-order valence-corrected chi connectivity index (χ4v) is 2.29. The Hall–Kier alpha value is -1.98. The molecule has 0 aliphatic heterocycles. The standard InChI is InChI=1S/C16H15ClN2/c1-3-19(15-6-4-5-12(2)9-15)16-8-7-14(17)10-13(16)11-18/h4-10H,3H2,1-2H3. The predicted octanol–water partition coefficient (Wildman–Crippen LogP) is 4.68. The lowest BCUT2D eigenvalue weighted by molar-refractivity contribution is 1.02. The van der Waals surface area contributed by atoms with E-state index in [1.807, 2.05) is 24.3 Å². The van der Waals surface area contributed by atoms with E-state index < -0.39 is 0 Å². The first-order valence-corrected chi connectivity index (χ1v) is 6.57. The van der Waals surface area contributed by atoms with Gasteiger partial charge in [-0.2, -0.15) is 5.26 Å². The Morgan fingerprint density at radius 2 is 2.00 bits per heavy atom. The van der Waals surface area contributed by atoms with Crippen LogP contribution in [0, 0.1) is 18.3 Å². The van der Waals surface area contributed by atoms with E-state index in [4.69, 9.17) is 11.6 Å². The molecule has 2 aromatic rings. The normalized spacial score (nSPS) is 10.0. The molecule has 0 radical (unpaired) electrons. The zero-order valence-electron chi connectivity index (χ0n) is 11.0. The number of anilines is 2. The molecule has 3 heteroatoms. The molecule has 19 heavy (non-hydrogen) atoms. The Balaban J connectivity index is 2.52. The molecule has 2 aromatic carbocycles. The number of benzene rings is 2. The molecule has 0 saturated carbocycles. The minimum Gasteiger partial charge on any atom is -0.341 e. The molecule has 0 fully saturated rings. The molecule has 2 rings (SSSR count). The fourth-order valence-electron chi connectivity index (χ4n) is 2.12. The Morgan fingerprint density at radius 3 is 2.63 bits per heavy atom. The first-order valence-electron chi connectivity index (χ1n) is 6.19. The van der Waals surface area contributed by atoms with Gasteiger partial charge in [0.05, 0.1) is 11.3 Å². The molecular weight excluding hydrogens is 256 g/mol. The summed E-state index contributed by atoms with van der Waals surface area (Å²) in [6, 6.07) is 15.9. The summed E-state index contributed by atoms with van der Waals surface area (Å²) < 4.78 is 0. The molecule has 96 valence electrons. The van der Waals surface area contributed by atoms with Crippen LogP contribution in [0.15, 0.2) is 42.5 Å². The number of hydrogen-bond donors (Lipinski definition) is 0. The van der Waals surface area contributed by atoms with Gasteiger partial charge in [0, 0.05) is 17.3 Å². The molecule has 0 N–H and O–H groups in total. The topological polar surface area (TPSA) is 27.0 Å². The van der Waals surface area contributed by atoms with Crippen molar-refractivity contribution in [2.24, 2.45) is 0 Å². The maximum atomic E-state index is 9.25. The lowest BCUT2D eigenvalue weighted by Gasteiger charge is -2.24. The summed E-state index contributed by atoms with van der Waals surface area (Å²) in [6.07, 6.45) is 0. The van der Waals surface area contributed by atoms with Crippen LogP contribution >= 0.6 is 11.6 Å². The average Bonchev–Trinajstić information content (AvgIpc) is 2.41. The second kappa shape index (κ2) is 5.77. The molecule has 0 aromatic heterocycles. The molecule has 0 unspecified atom stereocenters. The Bertz CT molecular complexity index is 629. The molecule has 0 bridgehead atoms. The van der Waals surface area contributed by atoms with E-state index in [2.05, 4.69) is 36.9 Å². The van der Waals surface area contributed by atoms with Crippen LogP contribution in [-0.2, 0) is 0 Å². The minimum absolute atomic E-state index is 0.584. The molecule has 0 spiro atoms. The Morgan fingerprint density at radius 1 is 1.21 bits per heavy atom. The number of hydrogen-bond acceptors (Lipinski definition) is 2. The number of aryl methyl sites for hydroxylation is 1. The van der Waals surface area contributed by atoms with E-state index in [9.17, 15) is 5.26 Å². The number of rotatable bonds is 3. The van der Waals surface area contributed by atoms with Gasteiger partial charge in [-0.1, -0.05) is 23.7 Å². The highest BCUT2D eigenvalue weighted by molar-refractivity contribution is 6.30. The predicted molar refractivity (Wildman–Crippen MR) is 80.0 cm³/mol. The zero-order chi connectivity index (χ0) is 13.8. The first-order chi connectivity index (χ1) is 9.15. The van der Waals surface area contributed by atoms with Crippen LogP contribution in [0.3, 0.4) is 0 Å². The van der Waals surface area contributed by atoms with E-state index >= 15 is 0 Å². The number of nitrogens with zero attached hydrogens (tertiary/aromatic N) is 2. The van der Waals surface area contributed by atoms with E-state index in [0.29, 0.717) is 10.6 Å². The molecule has 0 heterocycles. The van der Waals surface area contributed by atoms with Gasteiger partial charge in [0.2, 0.25) is 0 Å². The fraction of sp³-hybridized carbons (Fsp3) is 0.188. The third kappa shape index (κ3) is 2.89. The van der Waals surface area contributed by atoms with Gasteiger partial charge in [0.25, 0.3) is 0 Å².